The highest BCUT2D eigenvalue weighted by atomic mass is 16.2. The van der Waals surface area contributed by atoms with Crippen molar-refractivity contribution in [1.29, 1.82) is 0 Å². The van der Waals surface area contributed by atoms with E-state index >= 15 is 0 Å². The summed E-state index contributed by atoms with van der Waals surface area (Å²) in [6.45, 7) is 10.7. The molecule has 3 unspecified atom stereocenters. The van der Waals surface area contributed by atoms with Gasteiger partial charge in [0.1, 0.15) is 5.54 Å². The monoisotopic (exact) mass is 254 g/mol. The fraction of sp³-hybridized carbons (Fsp3) is 0.857. The van der Waals surface area contributed by atoms with Gasteiger partial charge < -0.3 is 10.2 Å². The van der Waals surface area contributed by atoms with Crippen molar-refractivity contribution >= 4 is 11.8 Å². The lowest BCUT2D eigenvalue weighted by molar-refractivity contribution is -0.140. The molecule has 0 aromatic rings. The molecule has 1 N–H and O–H groups in total. The number of rotatable bonds is 4. The molecular weight excluding hydrogens is 228 g/mol. The Bertz CT molecular complexity index is 330. The van der Waals surface area contributed by atoms with Gasteiger partial charge in [-0.3, -0.25) is 9.59 Å². The first kappa shape index (κ1) is 15.0. The molecule has 1 rings (SSSR count). The predicted octanol–water partition coefficient (Wildman–Crippen LogP) is 1.94. The Morgan fingerprint density at radius 1 is 1.44 bits per heavy atom. The molecule has 1 saturated heterocycles. The molecule has 1 fully saturated rings. The van der Waals surface area contributed by atoms with E-state index in [1.165, 1.54) is 0 Å². The van der Waals surface area contributed by atoms with Gasteiger partial charge in [-0.05, 0) is 26.2 Å². The maximum Gasteiger partial charge on any atom is 0.248 e. The van der Waals surface area contributed by atoms with Crippen LogP contribution >= 0.6 is 0 Å². The molecule has 0 spiro atoms. The highest BCUT2D eigenvalue weighted by Crippen LogP contribution is 2.22. The summed E-state index contributed by atoms with van der Waals surface area (Å²) in [4.78, 5) is 26.3. The molecule has 2 amide bonds. The first-order valence-corrected chi connectivity index (χ1v) is 6.96. The van der Waals surface area contributed by atoms with Crippen LogP contribution in [-0.4, -0.2) is 34.8 Å². The largest absolute Gasteiger partial charge is 0.342 e. The zero-order valence-corrected chi connectivity index (χ0v) is 12.2. The van der Waals surface area contributed by atoms with Gasteiger partial charge >= 0.3 is 0 Å². The summed E-state index contributed by atoms with van der Waals surface area (Å²) in [6, 6.07) is -0.0140. The van der Waals surface area contributed by atoms with Gasteiger partial charge in [0.25, 0.3) is 0 Å². The number of carbonyl (C=O) groups excluding carboxylic acids is 2. The Hall–Kier alpha value is -1.06. The minimum absolute atomic E-state index is 0.0140. The zero-order valence-electron chi connectivity index (χ0n) is 12.2. The Morgan fingerprint density at radius 3 is 2.56 bits per heavy atom. The second-order valence-electron chi connectivity index (χ2n) is 5.76. The van der Waals surface area contributed by atoms with Crippen LogP contribution in [0, 0.1) is 5.92 Å². The van der Waals surface area contributed by atoms with E-state index in [0.717, 1.165) is 13.0 Å². The quantitative estimate of drug-likeness (QED) is 0.833. The van der Waals surface area contributed by atoms with Gasteiger partial charge in [0.15, 0.2) is 0 Å². The fourth-order valence-corrected chi connectivity index (χ4v) is 2.28. The molecule has 104 valence electrons. The molecule has 1 heterocycles. The second kappa shape index (κ2) is 5.72. The molecule has 1 aliphatic heterocycles. The topological polar surface area (TPSA) is 49.4 Å². The SMILES string of the molecule is CCC(C)CN1C(=O)C(C)(CC)NC(=O)CC1C. The lowest BCUT2D eigenvalue weighted by Gasteiger charge is -2.35. The molecule has 0 aliphatic carbocycles. The van der Waals surface area contributed by atoms with Crippen molar-refractivity contribution < 1.29 is 9.59 Å². The van der Waals surface area contributed by atoms with Crippen molar-refractivity contribution in [3.05, 3.63) is 0 Å². The highest BCUT2D eigenvalue weighted by molar-refractivity contribution is 5.93. The first-order chi connectivity index (χ1) is 8.34. The van der Waals surface area contributed by atoms with Crippen LogP contribution in [0.4, 0.5) is 0 Å². The molecular formula is C14H26N2O2. The molecule has 0 bridgehead atoms. The van der Waals surface area contributed by atoms with Crippen LogP contribution in [0.1, 0.15) is 53.9 Å². The first-order valence-electron chi connectivity index (χ1n) is 6.96. The van der Waals surface area contributed by atoms with E-state index in [1.807, 2.05) is 25.7 Å². The van der Waals surface area contributed by atoms with Gasteiger partial charge in [0.2, 0.25) is 11.8 Å². The van der Waals surface area contributed by atoms with E-state index in [4.69, 9.17) is 0 Å². The molecule has 3 atom stereocenters. The summed E-state index contributed by atoms with van der Waals surface area (Å²) in [5.41, 5.74) is -0.741. The van der Waals surface area contributed by atoms with E-state index in [-0.39, 0.29) is 17.9 Å². The lowest BCUT2D eigenvalue weighted by atomic mass is 9.96. The zero-order chi connectivity index (χ0) is 13.9. The fourth-order valence-electron chi connectivity index (χ4n) is 2.28. The molecule has 18 heavy (non-hydrogen) atoms. The van der Waals surface area contributed by atoms with Gasteiger partial charge in [0.05, 0.1) is 0 Å². The maximum absolute atomic E-state index is 12.6. The molecule has 4 nitrogen and oxygen atoms in total. The third-order valence-corrected chi connectivity index (χ3v) is 4.07. The van der Waals surface area contributed by atoms with Crippen LogP contribution in [0.5, 0.6) is 0 Å². The average Bonchev–Trinajstić information content (AvgIpc) is 2.40. The predicted molar refractivity (Wildman–Crippen MR) is 72.1 cm³/mol. The number of hydrogen-bond donors (Lipinski definition) is 1. The van der Waals surface area contributed by atoms with E-state index in [9.17, 15) is 9.59 Å². The normalized spacial score (nSPS) is 30.9. The summed E-state index contributed by atoms with van der Waals surface area (Å²) < 4.78 is 0. The van der Waals surface area contributed by atoms with Crippen LogP contribution < -0.4 is 5.32 Å². The maximum atomic E-state index is 12.6. The van der Waals surface area contributed by atoms with Gasteiger partial charge in [0, 0.05) is 19.0 Å². The lowest BCUT2D eigenvalue weighted by Crippen LogP contribution is -2.56. The van der Waals surface area contributed by atoms with Crippen LogP contribution in [0.25, 0.3) is 0 Å². The molecule has 0 radical (unpaired) electrons. The van der Waals surface area contributed by atoms with Gasteiger partial charge in [-0.15, -0.1) is 0 Å². The number of nitrogens with zero attached hydrogens (tertiary/aromatic N) is 1. The summed E-state index contributed by atoms with van der Waals surface area (Å²) in [5.74, 6) is 0.501. The number of nitrogens with one attached hydrogen (secondary N) is 1. The standard InChI is InChI=1S/C14H26N2O2/c1-6-10(3)9-16-11(4)8-12(17)15-14(5,7-2)13(16)18/h10-11H,6-9H2,1-5H3,(H,15,17). The van der Waals surface area contributed by atoms with Crippen LogP contribution in [-0.2, 0) is 9.59 Å². The van der Waals surface area contributed by atoms with Gasteiger partial charge in [-0.1, -0.05) is 27.2 Å². The Balaban J connectivity index is 2.98. The molecule has 0 saturated carbocycles. The smallest absolute Gasteiger partial charge is 0.248 e. The van der Waals surface area contributed by atoms with Crippen LogP contribution in [0.15, 0.2) is 0 Å². The Kier molecular flexibility index (Phi) is 4.77. The third-order valence-electron chi connectivity index (χ3n) is 4.07. The molecule has 1 aliphatic rings. The summed E-state index contributed by atoms with van der Waals surface area (Å²) in [6.07, 6.45) is 2.07. The van der Waals surface area contributed by atoms with Gasteiger partial charge in [-0.25, -0.2) is 0 Å². The Morgan fingerprint density at radius 2 is 2.06 bits per heavy atom. The average molecular weight is 254 g/mol. The molecule has 0 aromatic carbocycles. The van der Waals surface area contributed by atoms with E-state index in [1.54, 1.807) is 0 Å². The summed E-state index contributed by atoms with van der Waals surface area (Å²) in [7, 11) is 0. The van der Waals surface area contributed by atoms with Crippen molar-refractivity contribution in [3.8, 4) is 0 Å². The third kappa shape index (κ3) is 3.03. The second-order valence-corrected chi connectivity index (χ2v) is 5.76. The molecule has 4 heteroatoms. The van der Waals surface area contributed by atoms with Crippen molar-refractivity contribution in [1.82, 2.24) is 10.2 Å². The van der Waals surface area contributed by atoms with Crippen molar-refractivity contribution in [2.24, 2.45) is 5.92 Å². The number of hydrogen-bond acceptors (Lipinski definition) is 2. The van der Waals surface area contributed by atoms with E-state index in [0.29, 0.717) is 18.8 Å². The minimum atomic E-state index is -0.741. The van der Waals surface area contributed by atoms with Crippen molar-refractivity contribution in [2.45, 2.75) is 65.5 Å². The molecule has 0 aromatic heterocycles. The summed E-state index contributed by atoms with van der Waals surface area (Å²) in [5, 5.41) is 2.88. The van der Waals surface area contributed by atoms with E-state index < -0.39 is 5.54 Å². The van der Waals surface area contributed by atoms with Crippen molar-refractivity contribution in [2.75, 3.05) is 6.54 Å². The Labute approximate surface area is 110 Å². The van der Waals surface area contributed by atoms with E-state index in [2.05, 4.69) is 19.2 Å². The van der Waals surface area contributed by atoms with Crippen LogP contribution in [0.3, 0.4) is 0 Å². The number of amides is 2. The minimum Gasteiger partial charge on any atom is -0.342 e. The van der Waals surface area contributed by atoms with Crippen molar-refractivity contribution in [3.63, 3.8) is 0 Å². The van der Waals surface area contributed by atoms with Crippen LogP contribution in [0.2, 0.25) is 0 Å². The highest BCUT2D eigenvalue weighted by Gasteiger charge is 2.41. The number of carbonyl (C=O) groups is 2. The van der Waals surface area contributed by atoms with Gasteiger partial charge in [-0.2, -0.15) is 0 Å². The summed E-state index contributed by atoms with van der Waals surface area (Å²) >= 11 is 0.